The highest BCUT2D eigenvalue weighted by molar-refractivity contribution is 6.24. The van der Waals surface area contributed by atoms with E-state index in [-0.39, 0.29) is 0 Å². The van der Waals surface area contributed by atoms with Gasteiger partial charge in [0.05, 0.1) is 11.1 Å². The van der Waals surface area contributed by atoms with Crippen molar-refractivity contribution < 1.29 is 13.3 Å². The standard InChI is InChI=1S/C67H43NO3/c1-4-18-42(19-5-1)43-20-16-25-47(38-43)68(58-31-17-29-52-51-27-11-14-32-59(51)70-65(52)58)48-35-37-61-54(40-48)55-41-62-64(53-28-12-15-33-60(53)69-62)63(66(55)71-61)44-34-36-50-49-26-10-13-30-56(49)67(57(50)39-44,45-21-6-2-7-22-45)46-23-8-3-9-24-46/h2-4,6-41H,1,5H2. The van der Waals surface area contributed by atoms with Gasteiger partial charge >= 0.3 is 0 Å². The van der Waals surface area contributed by atoms with Crippen molar-refractivity contribution in [3.05, 3.63) is 264 Å². The Hall–Kier alpha value is -9.12. The van der Waals surface area contributed by atoms with E-state index < -0.39 is 5.41 Å². The van der Waals surface area contributed by atoms with E-state index in [1.807, 2.05) is 12.1 Å². The highest BCUT2D eigenvalue weighted by Crippen LogP contribution is 2.58. The molecule has 2 aliphatic carbocycles. The molecular formula is C67H43NO3. The molecule has 0 unspecified atom stereocenters. The summed E-state index contributed by atoms with van der Waals surface area (Å²) in [4.78, 5) is 2.34. The molecular weight excluding hydrogens is 867 g/mol. The lowest BCUT2D eigenvalue weighted by atomic mass is 9.67. The fourth-order valence-electron chi connectivity index (χ4n) is 12.1. The summed E-state index contributed by atoms with van der Waals surface area (Å²) in [6.07, 6.45) is 8.95. The topological polar surface area (TPSA) is 42.7 Å². The normalized spacial score (nSPS) is 13.9. The molecule has 3 heterocycles. The molecule has 10 aromatic carbocycles. The molecule has 0 saturated heterocycles. The summed E-state index contributed by atoms with van der Waals surface area (Å²) in [5.41, 5.74) is 19.3. The van der Waals surface area contributed by atoms with Gasteiger partial charge in [0, 0.05) is 49.3 Å². The zero-order valence-electron chi connectivity index (χ0n) is 38.6. The number of allylic oxidation sites excluding steroid dienone is 4. The van der Waals surface area contributed by atoms with Crippen molar-refractivity contribution in [3.8, 4) is 22.3 Å². The van der Waals surface area contributed by atoms with E-state index in [0.717, 1.165) is 107 Å². The maximum absolute atomic E-state index is 7.23. The summed E-state index contributed by atoms with van der Waals surface area (Å²) >= 11 is 0. The van der Waals surface area contributed by atoms with Crippen LogP contribution < -0.4 is 4.90 Å². The smallest absolute Gasteiger partial charge is 0.159 e. The first-order valence-corrected chi connectivity index (χ1v) is 24.5. The Morgan fingerprint density at radius 1 is 0.394 bits per heavy atom. The summed E-state index contributed by atoms with van der Waals surface area (Å²) in [6.45, 7) is 0. The molecule has 0 radical (unpaired) electrons. The molecule has 0 amide bonds. The Kier molecular flexibility index (Phi) is 8.67. The van der Waals surface area contributed by atoms with Gasteiger partial charge in [-0.05, 0) is 124 Å². The van der Waals surface area contributed by atoms with Gasteiger partial charge in [-0.1, -0.05) is 176 Å². The quantitative estimate of drug-likeness (QED) is 0.160. The molecule has 0 saturated carbocycles. The number of fused-ring (bicyclic) bond motifs is 12. The number of hydrogen-bond acceptors (Lipinski definition) is 4. The average Bonchev–Trinajstić information content (AvgIpc) is 4.20. The zero-order valence-corrected chi connectivity index (χ0v) is 38.6. The van der Waals surface area contributed by atoms with E-state index in [9.17, 15) is 0 Å². The van der Waals surface area contributed by atoms with Gasteiger partial charge in [0.1, 0.15) is 27.9 Å². The third-order valence-electron chi connectivity index (χ3n) is 15.1. The second-order valence-corrected chi connectivity index (χ2v) is 18.9. The molecule has 0 atom stereocenters. The monoisotopic (exact) mass is 909 g/mol. The van der Waals surface area contributed by atoms with Crippen molar-refractivity contribution in [1.82, 2.24) is 0 Å². The van der Waals surface area contributed by atoms with Crippen LogP contribution in [0.25, 0.3) is 93.6 Å². The minimum Gasteiger partial charge on any atom is -0.456 e. The van der Waals surface area contributed by atoms with Crippen LogP contribution in [0.1, 0.15) is 40.7 Å². The first kappa shape index (κ1) is 39.8. The fraction of sp³-hybridized carbons (Fsp3) is 0.0448. The van der Waals surface area contributed by atoms with Gasteiger partial charge in [0.2, 0.25) is 0 Å². The number of furan rings is 3. The maximum atomic E-state index is 7.23. The predicted octanol–water partition coefficient (Wildman–Crippen LogP) is 18.6. The van der Waals surface area contributed by atoms with Crippen molar-refractivity contribution in [1.29, 1.82) is 0 Å². The van der Waals surface area contributed by atoms with Crippen LogP contribution in [0.2, 0.25) is 0 Å². The molecule has 0 bridgehead atoms. The largest absolute Gasteiger partial charge is 0.456 e. The molecule has 0 N–H and O–H groups in total. The van der Waals surface area contributed by atoms with Crippen LogP contribution in [-0.4, -0.2) is 0 Å². The van der Waals surface area contributed by atoms with Crippen molar-refractivity contribution in [2.45, 2.75) is 18.3 Å². The highest BCUT2D eigenvalue weighted by Gasteiger charge is 2.46. The van der Waals surface area contributed by atoms with Gasteiger partial charge in [-0.15, -0.1) is 0 Å². The number of nitrogens with zero attached hydrogens (tertiary/aromatic N) is 1. The number of benzene rings is 10. The van der Waals surface area contributed by atoms with Crippen LogP contribution in [0.4, 0.5) is 17.1 Å². The van der Waals surface area contributed by atoms with E-state index in [1.54, 1.807) is 0 Å². The summed E-state index contributed by atoms with van der Waals surface area (Å²) in [6, 6.07) is 78.8. The van der Waals surface area contributed by atoms with Crippen molar-refractivity contribution in [2.24, 2.45) is 0 Å². The predicted molar refractivity (Wildman–Crippen MR) is 292 cm³/mol. The van der Waals surface area contributed by atoms with Crippen LogP contribution in [0.3, 0.4) is 0 Å². The van der Waals surface area contributed by atoms with Crippen LogP contribution in [0, 0.1) is 0 Å². The second-order valence-electron chi connectivity index (χ2n) is 18.9. The Bertz CT molecular complexity index is 4320. The zero-order chi connectivity index (χ0) is 46.6. The molecule has 13 aromatic rings. The molecule has 4 nitrogen and oxygen atoms in total. The molecule has 71 heavy (non-hydrogen) atoms. The highest BCUT2D eigenvalue weighted by atomic mass is 16.3. The van der Waals surface area contributed by atoms with Gasteiger partial charge in [0.15, 0.2) is 5.58 Å². The Labute approximate surface area is 409 Å². The molecule has 334 valence electrons. The Morgan fingerprint density at radius 3 is 1.89 bits per heavy atom. The third kappa shape index (κ3) is 5.85. The number of rotatable bonds is 7. The molecule has 0 spiro atoms. The van der Waals surface area contributed by atoms with E-state index >= 15 is 0 Å². The summed E-state index contributed by atoms with van der Waals surface area (Å²) in [5, 5.41) is 6.23. The van der Waals surface area contributed by atoms with E-state index in [2.05, 4.69) is 229 Å². The van der Waals surface area contributed by atoms with Crippen LogP contribution in [-0.2, 0) is 5.41 Å². The fourth-order valence-corrected chi connectivity index (χ4v) is 12.1. The van der Waals surface area contributed by atoms with Crippen LogP contribution in [0.15, 0.2) is 250 Å². The molecule has 15 rings (SSSR count). The first-order valence-electron chi connectivity index (χ1n) is 24.5. The molecule has 0 aliphatic heterocycles. The minimum atomic E-state index is -0.564. The Morgan fingerprint density at radius 2 is 1.07 bits per heavy atom. The number of hydrogen-bond donors (Lipinski definition) is 0. The average molecular weight is 910 g/mol. The summed E-state index contributed by atoms with van der Waals surface area (Å²) < 4.78 is 20.8. The van der Waals surface area contributed by atoms with Gasteiger partial charge in [0.25, 0.3) is 0 Å². The Balaban J connectivity index is 0.993. The molecule has 2 aliphatic rings. The molecule has 3 aromatic heterocycles. The lowest BCUT2D eigenvalue weighted by Crippen LogP contribution is -2.28. The van der Waals surface area contributed by atoms with E-state index in [0.29, 0.717) is 0 Å². The SMILES string of the molecule is C1=CC(c2cccc(N(c3ccc4oc5c(-c6ccc7c(c6)C(c6ccccc6)(c6ccccc6)c6ccccc6-7)c6c(cc5c4c3)oc3ccccc36)c3cccc4c3oc3ccccc34)c2)=CCC1. The summed E-state index contributed by atoms with van der Waals surface area (Å²) in [5.74, 6) is 0. The van der Waals surface area contributed by atoms with Gasteiger partial charge < -0.3 is 18.2 Å². The van der Waals surface area contributed by atoms with Gasteiger partial charge in [-0.2, -0.15) is 0 Å². The van der Waals surface area contributed by atoms with E-state index in [1.165, 1.54) is 44.5 Å². The minimum absolute atomic E-state index is 0.564. The molecule has 0 fully saturated rings. The van der Waals surface area contributed by atoms with Crippen LogP contribution in [0.5, 0.6) is 0 Å². The lowest BCUT2D eigenvalue weighted by Gasteiger charge is -2.34. The first-order chi connectivity index (χ1) is 35.2. The van der Waals surface area contributed by atoms with Crippen LogP contribution >= 0.6 is 0 Å². The lowest BCUT2D eigenvalue weighted by molar-refractivity contribution is 0.664. The van der Waals surface area contributed by atoms with Crippen molar-refractivity contribution >= 4 is 88.5 Å². The number of para-hydroxylation sites is 3. The van der Waals surface area contributed by atoms with Gasteiger partial charge in [-0.25, -0.2) is 0 Å². The van der Waals surface area contributed by atoms with Crippen molar-refractivity contribution in [3.63, 3.8) is 0 Å². The second kappa shape index (κ2) is 15.4. The summed E-state index contributed by atoms with van der Waals surface area (Å²) in [7, 11) is 0. The van der Waals surface area contributed by atoms with Crippen molar-refractivity contribution in [2.75, 3.05) is 4.90 Å². The van der Waals surface area contributed by atoms with E-state index in [4.69, 9.17) is 13.3 Å². The van der Waals surface area contributed by atoms with Gasteiger partial charge in [-0.3, -0.25) is 0 Å². The maximum Gasteiger partial charge on any atom is 0.159 e. The number of anilines is 3. The molecule has 4 heteroatoms. The third-order valence-corrected chi connectivity index (χ3v) is 15.1.